The van der Waals surface area contributed by atoms with E-state index in [2.05, 4.69) is 0 Å². The van der Waals surface area contributed by atoms with Crippen molar-refractivity contribution in [1.29, 1.82) is 0 Å². The van der Waals surface area contributed by atoms with Crippen molar-refractivity contribution < 1.29 is 11.9 Å². The van der Waals surface area contributed by atoms with Crippen molar-refractivity contribution in [1.82, 2.24) is 0 Å². The van der Waals surface area contributed by atoms with Crippen LogP contribution in [0.3, 0.4) is 0 Å². The Balaban J connectivity index is 3.69. The summed E-state index contributed by atoms with van der Waals surface area (Å²) in [4.78, 5) is 0. The molecule has 0 bridgehead atoms. The van der Waals surface area contributed by atoms with Crippen LogP contribution in [0, 0.1) is 0 Å². The summed E-state index contributed by atoms with van der Waals surface area (Å²) in [6, 6.07) is 0. The summed E-state index contributed by atoms with van der Waals surface area (Å²) < 4.78 is 27.5. The van der Waals surface area contributed by atoms with E-state index in [0.29, 0.717) is 0 Å². The fourth-order valence-electron chi connectivity index (χ4n) is 0. The first-order valence-electron chi connectivity index (χ1n) is 0.793. The van der Waals surface area contributed by atoms with E-state index in [1.807, 2.05) is 0 Å². The number of hydrogen-bond acceptors (Lipinski definition) is 3. The summed E-state index contributed by atoms with van der Waals surface area (Å²) in [5.41, 5.74) is 0. The molecule has 0 atom stereocenters. The topological polar surface area (TPSA) is 51.2 Å². The van der Waals surface area contributed by atoms with Crippen molar-refractivity contribution >= 4 is 21.7 Å². The minimum absolute atomic E-state index is 1.10. The van der Waals surface area contributed by atoms with Gasteiger partial charge in [-0.3, -0.25) is 0 Å². The minimum atomic E-state index is -3.23. The van der Waals surface area contributed by atoms with Crippen molar-refractivity contribution in [3.8, 4) is 0 Å². The van der Waals surface area contributed by atoms with E-state index in [9.17, 15) is 7.48 Å². The average molecular weight is 151 g/mol. The molecule has 0 fully saturated rings. The maximum absolute atomic E-state index is 9.19. The zero-order chi connectivity index (χ0) is 4.28. The molecule has 0 aliphatic rings. The third-order valence-electron chi connectivity index (χ3n) is 0.0745. The molecule has 0 rings (SSSR count). The normalized spacial score (nSPS) is 6.40. The van der Waals surface area contributed by atoms with Crippen molar-refractivity contribution in [2.75, 3.05) is 0 Å². The molecule has 0 amide bonds. The molecule has 5 heteroatoms. The fraction of sp³-hybridized carbons (Fsp3) is 0. The Bertz CT molecular complexity index is 83.1. The van der Waals surface area contributed by atoms with Crippen LogP contribution in [0.2, 0.25) is 0 Å². The Morgan fingerprint density at radius 1 is 1.40 bits per heavy atom. The van der Waals surface area contributed by atoms with Crippen molar-refractivity contribution in [2.24, 2.45) is 0 Å². The quantitative estimate of drug-likeness (QED) is 0.446. The first-order valence-corrected chi connectivity index (χ1v) is 6.00. The van der Waals surface area contributed by atoms with Gasteiger partial charge in [-0.05, 0) is 0 Å². The molecule has 0 aliphatic carbocycles. The van der Waals surface area contributed by atoms with E-state index in [1.165, 1.54) is 0 Å². The van der Waals surface area contributed by atoms with E-state index in [1.54, 1.807) is 0 Å². The molecule has 0 unspecified atom stereocenters. The first kappa shape index (κ1) is 5.18. The molecule has 3 nitrogen and oxygen atoms in total. The Hall–Kier alpha value is 0.175. The van der Waals surface area contributed by atoms with E-state index in [-0.39, 0.29) is 0 Å². The summed E-state index contributed by atoms with van der Waals surface area (Å²) in [5.74, 6) is 0. The van der Waals surface area contributed by atoms with E-state index in [4.69, 9.17) is 4.46 Å². The number of rotatable bonds is 1. The van der Waals surface area contributed by atoms with Crippen LogP contribution in [0.1, 0.15) is 0 Å². The summed E-state index contributed by atoms with van der Waals surface area (Å²) in [7, 11) is -1.10. The van der Waals surface area contributed by atoms with Crippen LogP contribution < -0.4 is 0 Å². The zero-order valence-electron chi connectivity index (χ0n) is 2.17. The van der Waals surface area contributed by atoms with Gasteiger partial charge in [-0.1, -0.05) is 0 Å². The van der Waals surface area contributed by atoms with Gasteiger partial charge in [0.15, 0.2) is 0 Å². The predicted octanol–water partition coefficient (Wildman–Crippen LogP) is -1.12. The van der Waals surface area contributed by atoms with Crippen molar-refractivity contribution in [3.05, 3.63) is 0 Å². The van der Waals surface area contributed by atoms with Crippen molar-refractivity contribution in [3.63, 3.8) is 0 Å². The molecule has 0 spiro atoms. The molecule has 0 N–H and O–H groups in total. The maximum atomic E-state index is 9.19. The third kappa shape index (κ3) is 4.18. The van der Waals surface area contributed by atoms with Crippen LogP contribution in [-0.2, 0) is 11.9 Å². The van der Waals surface area contributed by atoms with E-state index >= 15 is 0 Å². The van der Waals surface area contributed by atoms with Gasteiger partial charge >= 0.3 is 33.7 Å². The third-order valence-corrected chi connectivity index (χ3v) is 1.16. The van der Waals surface area contributed by atoms with Gasteiger partial charge in [0, 0.05) is 0 Å². The second-order valence-electron chi connectivity index (χ2n) is 0.348. The summed E-state index contributed by atoms with van der Waals surface area (Å²) in [5, 5.41) is 0. The van der Waals surface area contributed by atoms with E-state index in [0.717, 1.165) is 0 Å². The Morgan fingerprint density at radius 2 is 1.60 bits per heavy atom. The monoisotopic (exact) mass is 151 g/mol. The molecular formula is AsO3Si. The van der Waals surface area contributed by atoms with Gasteiger partial charge in [-0.2, -0.15) is 0 Å². The van der Waals surface area contributed by atoms with Gasteiger partial charge in [0.2, 0.25) is 0 Å². The fourth-order valence-corrected chi connectivity index (χ4v) is 0. The Kier molecular flexibility index (Phi) is 2.50. The molecule has 0 heterocycles. The van der Waals surface area contributed by atoms with Gasteiger partial charge in [0.1, 0.15) is 0 Å². The van der Waals surface area contributed by atoms with Crippen LogP contribution in [-0.4, -0.2) is 21.7 Å². The molecule has 0 saturated heterocycles. The molecule has 0 saturated carbocycles. The van der Waals surface area contributed by atoms with Crippen LogP contribution in [0.15, 0.2) is 0 Å². The molecule has 27 valence electrons. The van der Waals surface area contributed by atoms with Crippen molar-refractivity contribution in [2.45, 2.75) is 0 Å². The predicted molar refractivity (Wildman–Crippen MR) is 13.6 cm³/mol. The van der Waals surface area contributed by atoms with Gasteiger partial charge in [0.25, 0.3) is 0 Å². The van der Waals surface area contributed by atoms with Crippen LogP contribution in [0.4, 0.5) is 0 Å². The second kappa shape index (κ2) is 2.41. The summed E-state index contributed by atoms with van der Waals surface area (Å²) in [6.45, 7) is 0. The second-order valence-corrected chi connectivity index (χ2v) is 4.66. The van der Waals surface area contributed by atoms with Crippen LogP contribution >= 0.6 is 0 Å². The molecule has 0 aliphatic heterocycles. The molecule has 1 radical (unpaired) electrons. The Labute approximate surface area is 34.4 Å². The van der Waals surface area contributed by atoms with Crippen LogP contribution in [0.5, 0.6) is 0 Å². The summed E-state index contributed by atoms with van der Waals surface area (Å²) >= 11 is -3.23. The summed E-state index contributed by atoms with van der Waals surface area (Å²) in [6.07, 6.45) is 0. The molecular weight excluding hydrogens is 151 g/mol. The van der Waals surface area contributed by atoms with Gasteiger partial charge in [-0.25, -0.2) is 0 Å². The van der Waals surface area contributed by atoms with Gasteiger partial charge in [0.05, 0.1) is 0 Å². The molecule has 0 aromatic rings. The Morgan fingerprint density at radius 3 is 1.60 bits per heavy atom. The van der Waals surface area contributed by atoms with Gasteiger partial charge < -0.3 is 0 Å². The first-order chi connectivity index (χ1) is 2.27. The molecule has 0 aromatic carbocycles. The van der Waals surface area contributed by atoms with Crippen LogP contribution in [0.25, 0.3) is 0 Å². The zero-order valence-corrected chi connectivity index (χ0v) is 5.05. The van der Waals surface area contributed by atoms with E-state index < -0.39 is 21.7 Å². The average Bonchev–Trinajstić information content (AvgIpc) is 1.38. The molecule has 5 heavy (non-hydrogen) atoms. The number of hydrogen-bond donors (Lipinski definition) is 0. The van der Waals surface area contributed by atoms with Gasteiger partial charge in [-0.15, -0.1) is 0 Å². The SMILES string of the molecule is O=[Si][As](=O)=O. The standard InChI is InChI=1S/AsO3Si/c2-1(3)5-4. The molecule has 0 aromatic heterocycles.